The van der Waals surface area contributed by atoms with Crippen molar-refractivity contribution in [1.82, 2.24) is 4.90 Å². The molecule has 3 rings (SSSR count). The summed E-state index contributed by atoms with van der Waals surface area (Å²) in [4.78, 5) is 27.9. The maximum atomic E-state index is 13.2. The van der Waals surface area contributed by atoms with Crippen molar-refractivity contribution in [3.8, 4) is 0 Å². The molecular formula is C22H22ClNO3S. The number of imide groups is 1. The zero-order valence-electron chi connectivity index (χ0n) is 15.9. The van der Waals surface area contributed by atoms with Gasteiger partial charge in [-0.1, -0.05) is 47.5 Å². The van der Waals surface area contributed by atoms with Crippen LogP contribution < -0.4 is 0 Å². The van der Waals surface area contributed by atoms with Crippen molar-refractivity contribution >= 4 is 40.8 Å². The molecule has 0 radical (unpaired) electrons. The van der Waals surface area contributed by atoms with Crippen molar-refractivity contribution in [3.63, 3.8) is 0 Å². The molecule has 0 saturated heterocycles. The fourth-order valence-corrected chi connectivity index (χ4v) is 4.26. The summed E-state index contributed by atoms with van der Waals surface area (Å²) >= 11 is 7.16. The van der Waals surface area contributed by atoms with Crippen molar-refractivity contribution in [3.05, 3.63) is 74.6 Å². The Bertz CT molecular complexity index is 937. The second-order valence-electron chi connectivity index (χ2n) is 6.73. The van der Waals surface area contributed by atoms with Gasteiger partial charge in [-0.25, -0.2) is 0 Å². The van der Waals surface area contributed by atoms with Crippen molar-refractivity contribution in [2.45, 2.75) is 20.3 Å². The predicted molar refractivity (Wildman–Crippen MR) is 114 cm³/mol. The lowest BCUT2D eigenvalue weighted by Gasteiger charge is -2.15. The highest BCUT2D eigenvalue weighted by Gasteiger charge is 2.39. The van der Waals surface area contributed by atoms with Gasteiger partial charge in [0.1, 0.15) is 0 Å². The van der Waals surface area contributed by atoms with E-state index in [9.17, 15) is 14.7 Å². The van der Waals surface area contributed by atoms with E-state index in [-0.39, 0.29) is 18.4 Å². The SMILES string of the molecule is Cc1ccc(C2=C(SCCO)C(=O)N(CCc3ccc(Cl)cc3)C2=O)c(C)c1. The molecule has 0 aliphatic carbocycles. The second kappa shape index (κ2) is 8.95. The molecule has 0 spiro atoms. The Morgan fingerprint density at radius 3 is 2.39 bits per heavy atom. The lowest BCUT2D eigenvalue weighted by molar-refractivity contribution is -0.136. The highest BCUT2D eigenvalue weighted by Crippen LogP contribution is 2.37. The van der Waals surface area contributed by atoms with Gasteiger partial charge in [-0.05, 0) is 49.1 Å². The van der Waals surface area contributed by atoms with Gasteiger partial charge in [-0.2, -0.15) is 0 Å². The quantitative estimate of drug-likeness (QED) is 0.694. The highest BCUT2D eigenvalue weighted by molar-refractivity contribution is 8.04. The average molecular weight is 416 g/mol. The third-order valence-corrected chi connectivity index (χ3v) is 5.96. The number of nitrogens with zero attached hydrogens (tertiary/aromatic N) is 1. The molecule has 1 aliphatic rings. The Morgan fingerprint density at radius 1 is 1.04 bits per heavy atom. The van der Waals surface area contributed by atoms with E-state index >= 15 is 0 Å². The number of carbonyl (C=O) groups is 2. The third-order valence-electron chi connectivity index (χ3n) is 4.65. The number of thioether (sulfide) groups is 1. The summed E-state index contributed by atoms with van der Waals surface area (Å²) < 4.78 is 0. The molecule has 2 aromatic carbocycles. The standard InChI is InChI=1S/C22H22ClNO3S/c1-14-3-8-18(15(2)13-14)19-20(28-12-11-25)22(27)24(21(19)26)10-9-16-4-6-17(23)7-5-16/h3-8,13,25H,9-12H2,1-2H3. The van der Waals surface area contributed by atoms with Crippen LogP contribution in [-0.4, -0.2) is 40.7 Å². The molecule has 0 aromatic heterocycles. The zero-order chi connectivity index (χ0) is 20.3. The topological polar surface area (TPSA) is 57.6 Å². The molecule has 0 bridgehead atoms. The summed E-state index contributed by atoms with van der Waals surface area (Å²) in [5.74, 6) is -0.188. The molecule has 1 aliphatic heterocycles. The number of carbonyl (C=O) groups excluding carboxylic acids is 2. The molecule has 146 valence electrons. The Balaban J connectivity index is 1.89. The number of halogens is 1. The smallest absolute Gasteiger partial charge is 0.267 e. The van der Waals surface area contributed by atoms with Crippen LogP contribution in [0.4, 0.5) is 0 Å². The van der Waals surface area contributed by atoms with Gasteiger partial charge in [0.25, 0.3) is 11.8 Å². The summed E-state index contributed by atoms with van der Waals surface area (Å²) in [5, 5.41) is 9.85. The minimum absolute atomic E-state index is 0.0550. The van der Waals surface area contributed by atoms with Gasteiger partial charge >= 0.3 is 0 Å². The van der Waals surface area contributed by atoms with Crippen molar-refractivity contribution < 1.29 is 14.7 Å². The molecule has 6 heteroatoms. The zero-order valence-corrected chi connectivity index (χ0v) is 17.4. The van der Waals surface area contributed by atoms with Crippen LogP contribution in [0.15, 0.2) is 47.4 Å². The molecule has 0 atom stereocenters. The summed E-state index contributed by atoms with van der Waals surface area (Å²) in [6.45, 7) is 4.18. The van der Waals surface area contributed by atoms with E-state index in [1.165, 1.54) is 16.7 Å². The fraction of sp³-hybridized carbons (Fsp3) is 0.273. The van der Waals surface area contributed by atoms with E-state index in [2.05, 4.69) is 0 Å². The first kappa shape index (κ1) is 20.6. The van der Waals surface area contributed by atoms with Gasteiger partial charge in [-0.3, -0.25) is 14.5 Å². The number of rotatable bonds is 7. The predicted octanol–water partition coefficient (Wildman–Crippen LogP) is 4.00. The van der Waals surface area contributed by atoms with E-state index < -0.39 is 0 Å². The van der Waals surface area contributed by atoms with Crippen molar-refractivity contribution in [2.75, 3.05) is 18.9 Å². The summed E-state index contributed by atoms with van der Waals surface area (Å²) in [6, 6.07) is 13.2. The van der Waals surface area contributed by atoms with Crippen LogP contribution in [0.1, 0.15) is 22.3 Å². The number of hydrogen-bond donors (Lipinski definition) is 1. The Kier molecular flexibility index (Phi) is 6.60. The van der Waals surface area contributed by atoms with E-state index in [0.29, 0.717) is 34.2 Å². The van der Waals surface area contributed by atoms with Crippen LogP contribution in [-0.2, 0) is 16.0 Å². The molecule has 0 fully saturated rings. The van der Waals surface area contributed by atoms with Crippen LogP contribution in [0.5, 0.6) is 0 Å². The second-order valence-corrected chi connectivity index (χ2v) is 8.27. The normalized spacial score (nSPS) is 14.4. The number of hydrogen-bond acceptors (Lipinski definition) is 4. The number of aryl methyl sites for hydroxylation is 2. The molecule has 2 amide bonds. The molecular weight excluding hydrogens is 394 g/mol. The van der Waals surface area contributed by atoms with Crippen LogP contribution in [0.3, 0.4) is 0 Å². The fourth-order valence-electron chi connectivity index (χ4n) is 3.26. The van der Waals surface area contributed by atoms with Crippen molar-refractivity contribution in [1.29, 1.82) is 0 Å². The van der Waals surface area contributed by atoms with Gasteiger partial charge in [0, 0.05) is 17.3 Å². The van der Waals surface area contributed by atoms with Crippen LogP contribution in [0.25, 0.3) is 5.57 Å². The molecule has 0 saturated carbocycles. The first-order valence-corrected chi connectivity index (χ1v) is 10.4. The molecule has 4 nitrogen and oxygen atoms in total. The van der Waals surface area contributed by atoms with Crippen LogP contribution in [0.2, 0.25) is 5.02 Å². The van der Waals surface area contributed by atoms with E-state index in [0.717, 1.165) is 22.3 Å². The molecule has 0 unspecified atom stereocenters. The first-order valence-electron chi connectivity index (χ1n) is 9.08. The molecule has 1 N–H and O–H groups in total. The molecule has 28 heavy (non-hydrogen) atoms. The Labute approximate surface area is 174 Å². The largest absolute Gasteiger partial charge is 0.396 e. The maximum Gasteiger partial charge on any atom is 0.267 e. The van der Waals surface area contributed by atoms with Gasteiger partial charge in [-0.15, -0.1) is 11.8 Å². The lowest BCUT2D eigenvalue weighted by atomic mass is 9.99. The first-order chi connectivity index (χ1) is 13.4. The summed E-state index contributed by atoms with van der Waals surface area (Å²) in [7, 11) is 0. The van der Waals surface area contributed by atoms with Crippen molar-refractivity contribution in [2.24, 2.45) is 0 Å². The minimum Gasteiger partial charge on any atom is -0.396 e. The molecule has 2 aromatic rings. The van der Waals surface area contributed by atoms with Gasteiger partial charge in [0.05, 0.1) is 17.1 Å². The van der Waals surface area contributed by atoms with E-state index in [4.69, 9.17) is 11.6 Å². The summed E-state index contributed by atoms with van der Waals surface area (Å²) in [5.41, 5.74) is 4.28. The van der Waals surface area contributed by atoms with Gasteiger partial charge in [0.15, 0.2) is 0 Å². The van der Waals surface area contributed by atoms with Crippen LogP contribution >= 0.6 is 23.4 Å². The summed E-state index contributed by atoms with van der Waals surface area (Å²) in [6.07, 6.45) is 0.562. The average Bonchev–Trinajstić information content (AvgIpc) is 2.89. The molecule has 1 heterocycles. The number of benzene rings is 2. The number of aliphatic hydroxyl groups is 1. The van der Waals surface area contributed by atoms with E-state index in [1.54, 1.807) is 12.1 Å². The highest BCUT2D eigenvalue weighted by atomic mass is 35.5. The Hall–Kier alpha value is -2.08. The maximum absolute atomic E-state index is 13.2. The third kappa shape index (κ3) is 4.32. The van der Waals surface area contributed by atoms with Crippen LogP contribution in [0, 0.1) is 13.8 Å². The minimum atomic E-state index is -0.285. The Morgan fingerprint density at radius 2 is 1.75 bits per heavy atom. The lowest BCUT2D eigenvalue weighted by Crippen LogP contribution is -2.33. The number of aliphatic hydroxyl groups excluding tert-OH is 1. The monoisotopic (exact) mass is 415 g/mol. The van der Waals surface area contributed by atoms with E-state index in [1.807, 2.05) is 44.2 Å². The van der Waals surface area contributed by atoms with Gasteiger partial charge < -0.3 is 5.11 Å². The van der Waals surface area contributed by atoms with Gasteiger partial charge in [0.2, 0.25) is 0 Å². The number of amides is 2.